The first kappa shape index (κ1) is 49.0. The molecular formula is C54H62F4N8O7. The van der Waals surface area contributed by atoms with Crippen LogP contribution in [0.15, 0.2) is 54.6 Å². The summed E-state index contributed by atoms with van der Waals surface area (Å²) in [5, 5.41) is 0.111. The third-order valence-electron chi connectivity index (χ3n) is 15.5. The van der Waals surface area contributed by atoms with Crippen molar-refractivity contribution in [2.75, 3.05) is 70.0 Å². The van der Waals surface area contributed by atoms with Crippen molar-refractivity contribution in [1.82, 2.24) is 29.7 Å². The number of nitrogens with zero attached hydrogens (tertiary/aromatic N) is 8. The number of fused-ring (bicyclic) bond motifs is 6. The van der Waals surface area contributed by atoms with Crippen molar-refractivity contribution in [1.29, 1.82) is 0 Å². The Balaban J connectivity index is 1.03. The summed E-state index contributed by atoms with van der Waals surface area (Å²) < 4.78 is 101. The molecule has 8 heterocycles. The Hall–Kier alpha value is -6.21. The lowest BCUT2D eigenvalue weighted by Gasteiger charge is -2.48. The summed E-state index contributed by atoms with van der Waals surface area (Å²) >= 11 is 0. The van der Waals surface area contributed by atoms with E-state index in [0.717, 1.165) is 56.8 Å². The molecule has 5 aliphatic heterocycles. The van der Waals surface area contributed by atoms with Crippen LogP contribution in [0.3, 0.4) is 0 Å². The van der Waals surface area contributed by atoms with Crippen molar-refractivity contribution >= 4 is 28.6 Å². The van der Waals surface area contributed by atoms with Gasteiger partial charge in [0.05, 0.1) is 63.4 Å². The van der Waals surface area contributed by atoms with Crippen LogP contribution in [0, 0.1) is 30.0 Å². The summed E-state index contributed by atoms with van der Waals surface area (Å²) in [6.07, 6.45) is -2.97. The van der Waals surface area contributed by atoms with Crippen molar-refractivity contribution in [3.8, 4) is 34.6 Å². The normalized spacial score (nSPS) is 23.9. The number of hydrogen-bond acceptors (Lipinski definition) is 14. The van der Waals surface area contributed by atoms with Gasteiger partial charge in [0.25, 0.3) is 0 Å². The van der Waals surface area contributed by atoms with Crippen molar-refractivity contribution < 1.29 is 50.8 Å². The molecule has 2 aromatic carbocycles. The van der Waals surface area contributed by atoms with Crippen LogP contribution < -0.4 is 28.7 Å². The molecule has 2 bridgehead atoms. The number of aromatic nitrogens is 4. The second kappa shape index (κ2) is 18.6. The molecule has 6 aliphatic rings. The van der Waals surface area contributed by atoms with E-state index in [1.807, 2.05) is 61.8 Å². The largest absolute Gasteiger partial charge is 0.497 e. The molecule has 0 spiro atoms. The highest BCUT2D eigenvalue weighted by Gasteiger charge is 2.54. The molecule has 1 saturated carbocycles. The monoisotopic (exact) mass is 1010 g/mol. The summed E-state index contributed by atoms with van der Waals surface area (Å²) in [5.74, 6) is 1.53. The van der Waals surface area contributed by atoms with Gasteiger partial charge in [0, 0.05) is 62.1 Å². The molecule has 19 heteroatoms. The van der Waals surface area contributed by atoms with Crippen molar-refractivity contribution in [2.24, 2.45) is 17.3 Å². The minimum absolute atomic E-state index is 0.106. The molecule has 0 N–H and O–H groups in total. The molecule has 15 nitrogen and oxygen atoms in total. The maximum Gasteiger partial charge on any atom is 0.418 e. The predicted molar refractivity (Wildman–Crippen MR) is 264 cm³/mol. The maximum atomic E-state index is 18.1. The van der Waals surface area contributed by atoms with E-state index in [0.29, 0.717) is 42.7 Å². The first-order valence-electron chi connectivity index (χ1n) is 25.3. The number of carbonyl (C=O) groups is 1. The highest BCUT2D eigenvalue weighted by atomic mass is 19.4. The number of benzene rings is 2. The van der Waals surface area contributed by atoms with Gasteiger partial charge in [0.15, 0.2) is 5.82 Å². The Morgan fingerprint density at radius 3 is 2.11 bits per heavy atom. The first-order chi connectivity index (χ1) is 34.9. The number of aryl methyl sites for hydroxylation is 1. The summed E-state index contributed by atoms with van der Waals surface area (Å²) in [6.45, 7) is 13.9. The van der Waals surface area contributed by atoms with Gasteiger partial charge in [-0.05, 0) is 102 Å². The van der Waals surface area contributed by atoms with E-state index in [1.54, 1.807) is 43.4 Å². The average molecular weight is 1010 g/mol. The van der Waals surface area contributed by atoms with E-state index in [4.69, 9.17) is 43.4 Å². The minimum Gasteiger partial charge on any atom is -0.497 e. The molecule has 2 unspecified atom stereocenters. The van der Waals surface area contributed by atoms with Crippen LogP contribution >= 0.6 is 0 Å². The molecule has 11 rings (SSSR count). The number of piperazine rings is 1. The molecule has 1 aliphatic carbocycles. The van der Waals surface area contributed by atoms with E-state index in [1.165, 1.54) is 13.0 Å². The highest BCUT2D eigenvalue weighted by molar-refractivity contribution is 5.98. The van der Waals surface area contributed by atoms with Gasteiger partial charge in [0.1, 0.15) is 51.4 Å². The summed E-state index contributed by atoms with van der Waals surface area (Å²) in [6, 6.07) is 14.6. The number of ether oxygens (including phenoxy) is 6. The number of amides is 1. The minimum atomic E-state index is -4.98. The van der Waals surface area contributed by atoms with Crippen LogP contribution in [0.1, 0.15) is 75.8 Å². The van der Waals surface area contributed by atoms with Crippen LogP contribution in [-0.4, -0.2) is 126 Å². The lowest BCUT2D eigenvalue weighted by molar-refractivity contribution is -0.137. The lowest BCUT2D eigenvalue weighted by atomic mass is 9.98. The van der Waals surface area contributed by atoms with E-state index >= 15 is 17.6 Å². The van der Waals surface area contributed by atoms with Gasteiger partial charge in [-0.1, -0.05) is 24.3 Å². The zero-order chi connectivity index (χ0) is 51.1. The maximum absolute atomic E-state index is 18.1. The number of rotatable bonds is 13. The van der Waals surface area contributed by atoms with E-state index in [2.05, 4.69) is 9.88 Å². The second-order valence-corrected chi connectivity index (χ2v) is 21.9. The van der Waals surface area contributed by atoms with Crippen molar-refractivity contribution in [2.45, 2.75) is 109 Å². The fraction of sp³-hybridized carbons (Fsp3) is 0.537. The number of halogens is 4. The quantitative estimate of drug-likeness (QED) is 0.104. The molecule has 0 radical (unpaired) electrons. The molecule has 5 aromatic rings. The Morgan fingerprint density at radius 1 is 0.877 bits per heavy atom. The average Bonchev–Trinajstić information content (AvgIpc) is 3.65. The Labute approximate surface area is 422 Å². The van der Waals surface area contributed by atoms with Crippen molar-refractivity contribution in [3.63, 3.8) is 0 Å². The summed E-state index contributed by atoms with van der Waals surface area (Å²) in [7, 11) is 3.13. The van der Waals surface area contributed by atoms with E-state index in [-0.39, 0.29) is 71.3 Å². The Kier molecular flexibility index (Phi) is 12.5. The fourth-order valence-electron chi connectivity index (χ4n) is 11.9. The van der Waals surface area contributed by atoms with Gasteiger partial charge in [-0.2, -0.15) is 23.1 Å². The van der Waals surface area contributed by atoms with E-state index in [9.17, 15) is 4.79 Å². The van der Waals surface area contributed by atoms with Crippen LogP contribution in [0.25, 0.3) is 22.2 Å². The van der Waals surface area contributed by atoms with Crippen LogP contribution in [-0.2, 0) is 28.7 Å². The lowest BCUT2D eigenvalue weighted by Crippen LogP contribution is -2.65. The molecule has 4 saturated heterocycles. The van der Waals surface area contributed by atoms with Crippen molar-refractivity contribution in [3.05, 3.63) is 82.8 Å². The molecule has 73 heavy (non-hydrogen) atoms. The molecular weight excluding hydrogens is 949 g/mol. The van der Waals surface area contributed by atoms with Gasteiger partial charge in [-0.15, -0.1) is 0 Å². The topological polar surface area (TPSA) is 137 Å². The van der Waals surface area contributed by atoms with E-state index < -0.39 is 58.7 Å². The zero-order valence-electron chi connectivity index (χ0n) is 42.3. The van der Waals surface area contributed by atoms with Gasteiger partial charge in [-0.25, -0.2) is 19.2 Å². The van der Waals surface area contributed by atoms with Gasteiger partial charge in [0.2, 0.25) is 5.88 Å². The van der Waals surface area contributed by atoms with Crippen LogP contribution in [0.5, 0.6) is 23.4 Å². The van der Waals surface area contributed by atoms with Gasteiger partial charge >= 0.3 is 18.3 Å². The number of hydrogen-bond donors (Lipinski definition) is 0. The number of anilines is 2. The standard InChI is InChI=1S/C54H62F4N8O7/c1-30-43(54(56,57)58)39(20-41(59-30)64(21-32-8-13-37(68-6)14-9-32)22-33-10-15-38(69-7)16-11-33)45-44(55)46-42-48(62-50(61-46)71-29-53(18-19-53)28-63-23-34-26-70-27-35(34)24-63)65-25-36-12-17-40(47(65)31(2)72-49(42)60-45)66(36)51(67)73-52(3,4)5/h8-11,13-16,20,31,34-36,40,47H,12,17-19,21-29H2,1-7H3/t31-,34?,35?,36+,40-,47+/m0/s1. The highest BCUT2D eigenvalue weighted by Crippen LogP contribution is 2.51. The third kappa shape index (κ3) is 9.51. The molecule has 6 atom stereocenters. The number of carbonyl (C=O) groups excluding carboxylic acids is 1. The Bertz CT molecular complexity index is 2840. The van der Waals surface area contributed by atoms with Gasteiger partial charge < -0.3 is 43.1 Å². The van der Waals surface area contributed by atoms with Crippen LogP contribution in [0.4, 0.5) is 34.0 Å². The number of likely N-dealkylation sites (tertiary alicyclic amines) is 1. The smallest absolute Gasteiger partial charge is 0.418 e. The fourth-order valence-corrected chi connectivity index (χ4v) is 11.9. The van der Waals surface area contributed by atoms with Crippen LogP contribution in [0.2, 0.25) is 0 Å². The number of pyridine rings is 2. The molecule has 1 amide bonds. The molecule has 5 fully saturated rings. The number of methoxy groups -OCH3 is 2. The third-order valence-corrected chi connectivity index (χ3v) is 15.5. The molecule has 3 aromatic heterocycles. The molecule has 388 valence electrons. The summed E-state index contributed by atoms with van der Waals surface area (Å²) in [4.78, 5) is 41.1. The Morgan fingerprint density at radius 2 is 1.52 bits per heavy atom. The SMILES string of the molecule is COc1ccc(CN(Cc2ccc(OC)cc2)c2cc(-c3nc4c5c(nc(OCC6(CN7CC8COCC8C7)CC6)nc5c3F)N3C[C@H]5CC[C@@H]([C@H]3[C@H](C)O4)N5C(=O)OC(C)(C)C)c(C(F)(F)F)c(C)n2)cc1. The second-order valence-electron chi connectivity index (χ2n) is 21.9. The summed E-state index contributed by atoms with van der Waals surface area (Å²) in [5.41, 5.74) is -2.21. The predicted octanol–water partition coefficient (Wildman–Crippen LogP) is 9.25. The first-order valence-corrected chi connectivity index (χ1v) is 25.3. The number of alkyl halides is 3. The van der Waals surface area contributed by atoms with Gasteiger partial charge in [-0.3, -0.25) is 4.90 Å². The zero-order valence-corrected chi connectivity index (χ0v) is 42.3.